The summed E-state index contributed by atoms with van der Waals surface area (Å²) in [5, 5.41) is 14.9. The fraction of sp³-hybridized carbons (Fsp3) is 0.0952. The molecule has 30 heavy (non-hydrogen) atoms. The average molecular weight is 406 g/mol. The number of nitrogens with zero attached hydrogens (tertiary/aromatic N) is 3. The molecule has 0 aliphatic heterocycles. The molecule has 9 nitrogen and oxygen atoms in total. The number of aromatic nitrogens is 1. The summed E-state index contributed by atoms with van der Waals surface area (Å²) in [6.07, 6.45) is 2.85. The number of pyridine rings is 1. The summed E-state index contributed by atoms with van der Waals surface area (Å²) >= 11 is 0. The first-order valence-electron chi connectivity index (χ1n) is 8.89. The zero-order chi connectivity index (χ0) is 21.5. The highest BCUT2D eigenvalue weighted by molar-refractivity contribution is 5.94. The van der Waals surface area contributed by atoms with E-state index in [1.54, 1.807) is 18.3 Å². The molecule has 0 spiro atoms. The van der Waals surface area contributed by atoms with Crippen molar-refractivity contribution in [3.8, 4) is 5.75 Å². The molecule has 9 heteroatoms. The van der Waals surface area contributed by atoms with E-state index in [0.29, 0.717) is 12.1 Å². The topological polar surface area (TPSA) is 116 Å². The van der Waals surface area contributed by atoms with Gasteiger partial charge in [0.25, 0.3) is 11.5 Å². The van der Waals surface area contributed by atoms with Gasteiger partial charge in [-0.2, -0.15) is 5.10 Å². The van der Waals surface area contributed by atoms with Gasteiger partial charge in [-0.1, -0.05) is 30.3 Å². The van der Waals surface area contributed by atoms with E-state index in [1.807, 2.05) is 30.3 Å². The Balaban J connectivity index is 1.74. The molecule has 1 N–H and O–H groups in total. The second kappa shape index (κ2) is 9.28. The third kappa shape index (κ3) is 4.76. The summed E-state index contributed by atoms with van der Waals surface area (Å²) in [5.74, 6) is -0.564. The highest BCUT2D eigenvalue weighted by atomic mass is 16.6. The molecule has 0 aliphatic carbocycles. The Hall–Kier alpha value is -4.27. The Bertz CT molecular complexity index is 1160. The van der Waals surface area contributed by atoms with Gasteiger partial charge in [0.1, 0.15) is 5.56 Å². The van der Waals surface area contributed by atoms with E-state index in [4.69, 9.17) is 4.74 Å². The van der Waals surface area contributed by atoms with E-state index in [9.17, 15) is 19.7 Å². The predicted octanol–water partition coefficient (Wildman–Crippen LogP) is 2.58. The summed E-state index contributed by atoms with van der Waals surface area (Å²) in [4.78, 5) is 35.5. The molecule has 0 aliphatic rings. The number of methoxy groups -OCH3 is 1. The quantitative estimate of drug-likeness (QED) is 0.368. The van der Waals surface area contributed by atoms with E-state index in [-0.39, 0.29) is 17.0 Å². The number of carbonyl (C=O) groups excluding carboxylic acids is 1. The number of ether oxygens (including phenoxy) is 1. The lowest BCUT2D eigenvalue weighted by Crippen LogP contribution is -2.30. The average Bonchev–Trinajstić information content (AvgIpc) is 2.75. The van der Waals surface area contributed by atoms with Gasteiger partial charge in [0.05, 0.1) is 24.8 Å². The molecule has 3 rings (SSSR count). The Labute approximate surface area is 171 Å². The van der Waals surface area contributed by atoms with Crippen LogP contribution in [0.2, 0.25) is 0 Å². The molecule has 0 radical (unpaired) electrons. The fourth-order valence-corrected chi connectivity index (χ4v) is 2.77. The van der Waals surface area contributed by atoms with E-state index < -0.39 is 16.4 Å². The summed E-state index contributed by atoms with van der Waals surface area (Å²) in [6.45, 7) is 0.333. The number of benzene rings is 2. The van der Waals surface area contributed by atoms with E-state index in [0.717, 1.165) is 5.56 Å². The second-order valence-corrected chi connectivity index (χ2v) is 6.23. The molecule has 0 bridgehead atoms. The van der Waals surface area contributed by atoms with Crippen LogP contribution in [0.4, 0.5) is 5.69 Å². The van der Waals surface area contributed by atoms with Crippen LogP contribution in [0.15, 0.2) is 76.8 Å². The highest BCUT2D eigenvalue weighted by Gasteiger charge is 2.15. The third-order valence-electron chi connectivity index (χ3n) is 4.24. The Morgan fingerprint density at radius 3 is 2.67 bits per heavy atom. The van der Waals surface area contributed by atoms with Gasteiger partial charge in [0.15, 0.2) is 5.75 Å². The van der Waals surface area contributed by atoms with Crippen molar-refractivity contribution in [1.82, 2.24) is 9.99 Å². The molecule has 1 amide bonds. The van der Waals surface area contributed by atoms with Gasteiger partial charge in [0, 0.05) is 17.8 Å². The van der Waals surface area contributed by atoms with Crippen molar-refractivity contribution in [2.45, 2.75) is 6.54 Å². The van der Waals surface area contributed by atoms with E-state index in [1.165, 1.54) is 36.1 Å². The van der Waals surface area contributed by atoms with E-state index >= 15 is 0 Å². The Morgan fingerprint density at radius 1 is 1.20 bits per heavy atom. The maximum absolute atomic E-state index is 12.6. The number of hydrazone groups is 1. The third-order valence-corrected chi connectivity index (χ3v) is 4.24. The van der Waals surface area contributed by atoms with Gasteiger partial charge in [0.2, 0.25) is 0 Å². The number of carbonyl (C=O) groups is 1. The van der Waals surface area contributed by atoms with E-state index in [2.05, 4.69) is 10.5 Å². The van der Waals surface area contributed by atoms with Crippen molar-refractivity contribution in [2.75, 3.05) is 7.11 Å². The molecule has 0 unspecified atom stereocenters. The van der Waals surface area contributed by atoms with Crippen molar-refractivity contribution in [3.63, 3.8) is 0 Å². The monoisotopic (exact) mass is 406 g/mol. The largest absolute Gasteiger partial charge is 0.490 e. The fourth-order valence-electron chi connectivity index (χ4n) is 2.77. The van der Waals surface area contributed by atoms with Gasteiger partial charge in [-0.05, 0) is 29.8 Å². The van der Waals surface area contributed by atoms with Crippen molar-refractivity contribution < 1.29 is 14.5 Å². The van der Waals surface area contributed by atoms with Crippen LogP contribution in [0, 0.1) is 10.1 Å². The number of nitro groups is 1. The lowest BCUT2D eigenvalue weighted by molar-refractivity contribution is -0.385. The molecule has 0 fully saturated rings. The minimum atomic E-state index is -0.679. The number of hydrogen-bond donors (Lipinski definition) is 1. The minimum absolute atomic E-state index is 0.0636. The summed E-state index contributed by atoms with van der Waals surface area (Å²) < 4.78 is 6.37. The molecule has 0 saturated carbocycles. The SMILES string of the molecule is COc1ccc(/C=N\NC(=O)c2cccn(Cc3ccccc3)c2=O)cc1[N+](=O)[O-]. The maximum Gasteiger partial charge on any atom is 0.311 e. The maximum atomic E-state index is 12.6. The summed E-state index contributed by atoms with van der Waals surface area (Å²) in [7, 11) is 1.33. The summed E-state index contributed by atoms with van der Waals surface area (Å²) in [6, 6.07) is 16.7. The molecule has 0 saturated heterocycles. The molecule has 1 aromatic heterocycles. The minimum Gasteiger partial charge on any atom is -0.490 e. The van der Waals surface area contributed by atoms with Crippen molar-refractivity contribution >= 4 is 17.8 Å². The number of nitro benzene ring substituents is 1. The van der Waals surface area contributed by atoms with Crippen LogP contribution in [0.25, 0.3) is 0 Å². The molecule has 152 valence electrons. The zero-order valence-corrected chi connectivity index (χ0v) is 16.0. The van der Waals surface area contributed by atoms with Crippen LogP contribution in [0.1, 0.15) is 21.5 Å². The van der Waals surface area contributed by atoms with Gasteiger partial charge in [-0.3, -0.25) is 19.7 Å². The first-order chi connectivity index (χ1) is 14.5. The predicted molar refractivity (Wildman–Crippen MR) is 111 cm³/mol. The van der Waals surface area contributed by atoms with Crippen LogP contribution in [-0.4, -0.2) is 28.7 Å². The lowest BCUT2D eigenvalue weighted by atomic mass is 10.2. The van der Waals surface area contributed by atoms with Gasteiger partial charge < -0.3 is 9.30 Å². The van der Waals surface area contributed by atoms with Gasteiger partial charge in [-0.25, -0.2) is 5.43 Å². The van der Waals surface area contributed by atoms with Crippen LogP contribution in [-0.2, 0) is 6.54 Å². The highest BCUT2D eigenvalue weighted by Crippen LogP contribution is 2.26. The number of rotatable bonds is 7. The number of amides is 1. The second-order valence-electron chi connectivity index (χ2n) is 6.23. The van der Waals surface area contributed by atoms with Crippen molar-refractivity contribution in [2.24, 2.45) is 5.10 Å². The Morgan fingerprint density at radius 2 is 1.97 bits per heavy atom. The molecule has 2 aromatic carbocycles. The Kier molecular flexibility index (Phi) is 6.33. The standard InChI is InChI=1S/C21H18N4O5/c1-30-19-10-9-16(12-18(19)25(28)29)13-22-23-20(26)17-8-5-11-24(21(17)27)14-15-6-3-2-4-7-15/h2-13H,14H2,1H3,(H,23,26)/b22-13-. The normalized spacial score (nSPS) is 10.7. The number of nitrogens with one attached hydrogen (secondary N) is 1. The first-order valence-corrected chi connectivity index (χ1v) is 8.89. The molecular formula is C21H18N4O5. The van der Waals surface area contributed by atoms with Crippen molar-refractivity contribution in [3.05, 3.63) is 104 Å². The molecule has 3 aromatic rings. The molecular weight excluding hydrogens is 388 g/mol. The van der Waals surface area contributed by atoms with Gasteiger partial charge in [-0.15, -0.1) is 0 Å². The first kappa shape index (κ1) is 20.5. The summed E-state index contributed by atoms with van der Waals surface area (Å²) in [5.41, 5.74) is 2.85. The lowest BCUT2D eigenvalue weighted by Gasteiger charge is -2.07. The molecule has 0 atom stereocenters. The van der Waals surface area contributed by atoms with Crippen LogP contribution in [0.5, 0.6) is 5.75 Å². The van der Waals surface area contributed by atoms with Crippen LogP contribution < -0.4 is 15.7 Å². The zero-order valence-electron chi connectivity index (χ0n) is 16.0. The van der Waals surface area contributed by atoms with Gasteiger partial charge >= 0.3 is 5.69 Å². The smallest absolute Gasteiger partial charge is 0.311 e. The molecule has 1 heterocycles. The van der Waals surface area contributed by atoms with Crippen LogP contribution in [0.3, 0.4) is 0 Å². The van der Waals surface area contributed by atoms with Crippen LogP contribution >= 0.6 is 0 Å². The number of hydrogen-bond acceptors (Lipinski definition) is 6. The van der Waals surface area contributed by atoms with Crippen molar-refractivity contribution in [1.29, 1.82) is 0 Å².